The quantitative estimate of drug-likeness (QED) is 0.613. The van der Waals surface area contributed by atoms with E-state index in [1.54, 1.807) is 80.2 Å². The minimum absolute atomic E-state index is 0.0551. The van der Waals surface area contributed by atoms with Crippen molar-refractivity contribution in [1.82, 2.24) is 9.88 Å². The summed E-state index contributed by atoms with van der Waals surface area (Å²) < 4.78 is 10.8. The van der Waals surface area contributed by atoms with Gasteiger partial charge in [0.15, 0.2) is 0 Å². The number of likely N-dealkylation sites (N-methyl/N-ethyl adjacent to an activating group) is 1. The molecule has 0 aliphatic rings. The first-order valence-corrected chi connectivity index (χ1v) is 9.50. The number of ether oxygens (including phenoxy) is 2. The lowest BCUT2D eigenvalue weighted by molar-refractivity contribution is -0.116. The van der Waals surface area contributed by atoms with Crippen molar-refractivity contribution >= 4 is 17.5 Å². The van der Waals surface area contributed by atoms with Crippen LogP contribution in [0, 0.1) is 0 Å². The Balaban J connectivity index is 1.61. The van der Waals surface area contributed by atoms with Crippen LogP contribution in [-0.4, -0.2) is 41.9 Å². The fourth-order valence-corrected chi connectivity index (χ4v) is 2.79. The highest BCUT2D eigenvalue weighted by Gasteiger charge is 2.17. The molecule has 154 valence electrons. The van der Waals surface area contributed by atoms with Gasteiger partial charge in [0, 0.05) is 30.1 Å². The number of methoxy groups -OCH3 is 1. The lowest BCUT2D eigenvalue weighted by Gasteiger charge is -2.20. The Morgan fingerprint density at radius 3 is 2.43 bits per heavy atom. The Labute approximate surface area is 175 Å². The van der Waals surface area contributed by atoms with Crippen LogP contribution < -0.4 is 14.8 Å². The molecule has 0 fully saturated rings. The van der Waals surface area contributed by atoms with Crippen LogP contribution in [0.1, 0.15) is 17.3 Å². The van der Waals surface area contributed by atoms with E-state index in [-0.39, 0.29) is 18.4 Å². The summed E-state index contributed by atoms with van der Waals surface area (Å²) in [5.74, 6) is 1.34. The van der Waals surface area contributed by atoms with E-state index in [0.29, 0.717) is 35.0 Å². The molecule has 0 saturated heterocycles. The Morgan fingerprint density at radius 2 is 1.77 bits per heavy atom. The molecule has 0 radical (unpaired) electrons. The summed E-state index contributed by atoms with van der Waals surface area (Å²) in [6, 6.07) is 17.4. The van der Waals surface area contributed by atoms with Crippen LogP contribution >= 0.6 is 0 Å². The smallest absolute Gasteiger partial charge is 0.254 e. The highest BCUT2D eigenvalue weighted by atomic mass is 16.5. The van der Waals surface area contributed by atoms with Crippen molar-refractivity contribution in [2.45, 2.75) is 6.92 Å². The molecule has 3 rings (SSSR count). The van der Waals surface area contributed by atoms with E-state index in [1.165, 1.54) is 4.90 Å². The van der Waals surface area contributed by atoms with Gasteiger partial charge in [0.1, 0.15) is 23.8 Å². The fourth-order valence-electron chi connectivity index (χ4n) is 2.79. The van der Waals surface area contributed by atoms with Crippen LogP contribution in [-0.2, 0) is 4.79 Å². The van der Waals surface area contributed by atoms with Crippen LogP contribution in [0.4, 0.5) is 5.69 Å². The Hall–Kier alpha value is -3.87. The number of carbonyl (C=O) groups excluding carboxylic acids is 2. The number of benzene rings is 2. The molecule has 0 aliphatic heterocycles. The second-order valence-electron chi connectivity index (χ2n) is 6.41. The zero-order valence-electron chi connectivity index (χ0n) is 16.9. The van der Waals surface area contributed by atoms with Crippen molar-refractivity contribution in [3.05, 3.63) is 78.6 Å². The first kappa shape index (κ1) is 20.9. The molecule has 0 unspecified atom stereocenters. The van der Waals surface area contributed by atoms with Crippen LogP contribution in [0.5, 0.6) is 17.2 Å². The number of hydrogen-bond donors (Lipinski definition) is 1. The number of rotatable bonds is 8. The van der Waals surface area contributed by atoms with Gasteiger partial charge in [-0.05, 0) is 55.5 Å². The van der Waals surface area contributed by atoms with E-state index in [9.17, 15) is 9.59 Å². The van der Waals surface area contributed by atoms with Crippen molar-refractivity contribution in [3.8, 4) is 17.2 Å². The predicted molar refractivity (Wildman–Crippen MR) is 114 cm³/mol. The third-order valence-electron chi connectivity index (χ3n) is 4.33. The number of nitrogens with zero attached hydrogens (tertiary/aromatic N) is 2. The van der Waals surface area contributed by atoms with Gasteiger partial charge in [-0.3, -0.25) is 14.6 Å². The molecule has 7 heteroatoms. The summed E-state index contributed by atoms with van der Waals surface area (Å²) in [5.41, 5.74) is 1.09. The molecule has 7 nitrogen and oxygen atoms in total. The standard InChI is InChI=1S/C23H23N3O4/c1-3-26(16-22(27)25-18-6-4-7-20(14-18)29-2)23(28)17-9-11-19(12-10-17)30-21-8-5-13-24-15-21/h4-15H,3,16H2,1-2H3,(H,25,27). The number of amides is 2. The summed E-state index contributed by atoms with van der Waals surface area (Å²) in [6.45, 7) is 2.18. The van der Waals surface area contributed by atoms with Gasteiger partial charge in [0.2, 0.25) is 5.91 Å². The summed E-state index contributed by atoms with van der Waals surface area (Å²) in [4.78, 5) is 30.7. The number of nitrogens with one attached hydrogen (secondary N) is 1. The first-order chi connectivity index (χ1) is 14.6. The largest absolute Gasteiger partial charge is 0.497 e. The molecule has 0 spiro atoms. The van der Waals surface area contributed by atoms with Crippen molar-refractivity contribution < 1.29 is 19.1 Å². The maximum absolute atomic E-state index is 12.8. The molecule has 2 amide bonds. The molecule has 0 bridgehead atoms. The van der Waals surface area contributed by atoms with E-state index in [1.807, 2.05) is 6.92 Å². The summed E-state index contributed by atoms with van der Waals surface area (Å²) in [6.07, 6.45) is 3.28. The van der Waals surface area contributed by atoms with Gasteiger partial charge >= 0.3 is 0 Å². The zero-order valence-corrected chi connectivity index (χ0v) is 16.9. The van der Waals surface area contributed by atoms with Gasteiger partial charge in [0.25, 0.3) is 5.91 Å². The van der Waals surface area contributed by atoms with Gasteiger partial charge in [0.05, 0.1) is 13.3 Å². The maximum Gasteiger partial charge on any atom is 0.254 e. The fraction of sp³-hybridized carbons (Fsp3) is 0.174. The molecule has 1 heterocycles. The lowest BCUT2D eigenvalue weighted by atomic mass is 10.2. The van der Waals surface area contributed by atoms with Gasteiger partial charge in [-0.1, -0.05) is 6.07 Å². The van der Waals surface area contributed by atoms with Gasteiger partial charge < -0.3 is 19.7 Å². The minimum atomic E-state index is -0.282. The van der Waals surface area contributed by atoms with Gasteiger partial charge in [-0.15, -0.1) is 0 Å². The van der Waals surface area contributed by atoms with Gasteiger partial charge in [-0.25, -0.2) is 0 Å². The number of hydrogen-bond acceptors (Lipinski definition) is 5. The Kier molecular flexibility index (Phi) is 7.00. The number of carbonyl (C=O) groups is 2. The van der Waals surface area contributed by atoms with Gasteiger partial charge in [-0.2, -0.15) is 0 Å². The topological polar surface area (TPSA) is 80.8 Å². The molecule has 1 aromatic heterocycles. The third-order valence-corrected chi connectivity index (χ3v) is 4.33. The maximum atomic E-state index is 12.8. The van der Waals surface area contributed by atoms with Crippen molar-refractivity contribution in [3.63, 3.8) is 0 Å². The highest BCUT2D eigenvalue weighted by Crippen LogP contribution is 2.21. The number of anilines is 1. The zero-order chi connectivity index (χ0) is 21.3. The van der Waals surface area contributed by atoms with E-state index in [0.717, 1.165) is 0 Å². The first-order valence-electron chi connectivity index (χ1n) is 9.50. The molecule has 0 aliphatic carbocycles. The van der Waals surface area contributed by atoms with Crippen LogP contribution in [0.15, 0.2) is 73.1 Å². The Morgan fingerprint density at radius 1 is 1.00 bits per heavy atom. The minimum Gasteiger partial charge on any atom is -0.497 e. The third kappa shape index (κ3) is 5.57. The average molecular weight is 405 g/mol. The normalized spacial score (nSPS) is 10.2. The second kappa shape index (κ2) is 10.1. The average Bonchev–Trinajstić information content (AvgIpc) is 2.78. The van der Waals surface area contributed by atoms with Crippen LogP contribution in [0.2, 0.25) is 0 Å². The summed E-state index contributed by atoms with van der Waals surface area (Å²) in [5, 5.41) is 2.79. The number of aromatic nitrogens is 1. The second-order valence-corrected chi connectivity index (χ2v) is 6.41. The lowest BCUT2D eigenvalue weighted by Crippen LogP contribution is -2.37. The molecule has 0 saturated carbocycles. The summed E-state index contributed by atoms with van der Waals surface area (Å²) in [7, 11) is 1.56. The van der Waals surface area contributed by atoms with E-state index < -0.39 is 0 Å². The Bertz CT molecular complexity index is 991. The molecule has 0 atom stereocenters. The number of pyridine rings is 1. The monoisotopic (exact) mass is 405 g/mol. The predicted octanol–water partition coefficient (Wildman–Crippen LogP) is 3.98. The summed E-state index contributed by atoms with van der Waals surface area (Å²) >= 11 is 0. The molecule has 2 aromatic carbocycles. The van der Waals surface area contributed by atoms with Crippen LogP contribution in [0.25, 0.3) is 0 Å². The van der Waals surface area contributed by atoms with Crippen LogP contribution in [0.3, 0.4) is 0 Å². The molecule has 1 N–H and O–H groups in total. The van der Waals surface area contributed by atoms with E-state index in [2.05, 4.69) is 10.3 Å². The van der Waals surface area contributed by atoms with Crippen molar-refractivity contribution in [2.24, 2.45) is 0 Å². The van der Waals surface area contributed by atoms with E-state index in [4.69, 9.17) is 9.47 Å². The molecule has 30 heavy (non-hydrogen) atoms. The SMILES string of the molecule is CCN(CC(=O)Nc1cccc(OC)c1)C(=O)c1ccc(Oc2cccnc2)cc1. The molecular weight excluding hydrogens is 382 g/mol. The van der Waals surface area contributed by atoms with E-state index >= 15 is 0 Å². The van der Waals surface area contributed by atoms with Crippen molar-refractivity contribution in [2.75, 3.05) is 25.5 Å². The molecular formula is C23H23N3O4. The van der Waals surface area contributed by atoms with Crippen molar-refractivity contribution in [1.29, 1.82) is 0 Å². The highest BCUT2D eigenvalue weighted by molar-refractivity contribution is 5.99. The molecule has 3 aromatic rings.